The van der Waals surface area contributed by atoms with Gasteiger partial charge in [-0.25, -0.2) is 0 Å². The van der Waals surface area contributed by atoms with Gasteiger partial charge in [0.1, 0.15) is 17.1 Å². The number of ether oxygens (including phenoxy) is 1. The van der Waals surface area contributed by atoms with Crippen LogP contribution in [0.3, 0.4) is 0 Å². The summed E-state index contributed by atoms with van der Waals surface area (Å²) in [6.45, 7) is 10.8. The second-order valence-corrected chi connectivity index (χ2v) is 7.27. The lowest BCUT2D eigenvalue weighted by molar-refractivity contribution is -0.121. The first kappa shape index (κ1) is 22.1. The van der Waals surface area contributed by atoms with Crippen LogP contribution in [0, 0.1) is 11.3 Å². The molecule has 0 aliphatic carbocycles. The second-order valence-electron chi connectivity index (χ2n) is 7.27. The lowest BCUT2D eigenvalue weighted by atomic mass is 9.87. The minimum atomic E-state index is -0.939. The topological polar surface area (TPSA) is 110 Å². The molecule has 6 heteroatoms. The number of primary amides is 1. The van der Waals surface area contributed by atoms with E-state index in [-0.39, 0.29) is 29.8 Å². The van der Waals surface area contributed by atoms with Crippen molar-refractivity contribution in [3.8, 4) is 5.75 Å². The molecule has 3 N–H and O–H groups in total. The predicted octanol–water partition coefficient (Wildman–Crippen LogP) is 3.34. The molecule has 1 atom stereocenters. The van der Waals surface area contributed by atoms with Gasteiger partial charge in [0.05, 0.1) is 5.92 Å². The molecule has 1 amide bonds. The molecular formula is C21H26N2O4. The minimum absolute atomic E-state index is 0.0105. The number of hydrogen-bond acceptors (Lipinski definition) is 5. The molecule has 0 spiro atoms. The molecule has 27 heavy (non-hydrogen) atoms. The van der Waals surface area contributed by atoms with Crippen molar-refractivity contribution in [1.82, 2.24) is 0 Å². The highest BCUT2D eigenvalue weighted by molar-refractivity contribution is 6.14. The van der Waals surface area contributed by atoms with Crippen molar-refractivity contribution in [3.63, 3.8) is 0 Å². The fraction of sp³-hybridized carbons (Fsp3) is 0.381. The number of rotatable bonds is 9. The van der Waals surface area contributed by atoms with Crippen LogP contribution < -0.4 is 10.5 Å². The molecule has 0 aromatic heterocycles. The average Bonchev–Trinajstić information content (AvgIpc) is 2.54. The van der Waals surface area contributed by atoms with E-state index in [0.29, 0.717) is 11.3 Å². The van der Waals surface area contributed by atoms with Gasteiger partial charge < -0.3 is 15.3 Å². The fourth-order valence-electron chi connectivity index (χ4n) is 2.55. The molecule has 0 saturated heterocycles. The quantitative estimate of drug-likeness (QED) is 0.394. The number of nitrogens with two attached hydrogens (primary N) is 1. The van der Waals surface area contributed by atoms with E-state index in [2.05, 4.69) is 12.4 Å². The maximum atomic E-state index is 13.0. The van der Waals surface area contributed by atoms with Crippen LogP contribution in [0.15, 0.2) is 30.4 Å². The average molecular weight is 370 g/mol. The zero-order chi connectivity index (χ0) is 20.8. The van der Waals surface area contributed by atoms with Crippen molar-refractivity contribution in [1.29, 1.82) is 5.41 Å². The van der Waals surface area contributed by atoms with Crippen LogP contribution >= 0.6 is 0 Å². The number of hydrogen-bond donors (Lipinski definition) is 2. The summed E-state index contributed by atoms with van der Waals surface area (Å²) >= 11 is 0. The molecule has 0 saturated carbocycles. The molecule has 6 nitrogen and oxygen atoms in total. The first-order valence-corrected chi connectivity index (χ1v) is 8.57. The Morgan fingerprint density at radius 3 is 2.44 bits per heavy atom. The summed E-state index contributed by atoms with van der Waals surface area (Å²) in [4.78, 5) is 36.0. The SMILES string of the molecule is C=C(C(=O)c1cccc(OC(C)(C)C)c1C=C=N)C(CCC(C)=O)C(N)=O. The van der Waals surface area contributed by atoms with Gasteiger partial charge in [0.2, 0.25) is 5.91 Å². The van der Waals surface area contributed by atoms with E-state index in [1.54, 1.807) is 18.2 Å². The van der Waals surface area contributed by atoms with Gasteiger partial charge in [-0.3, -0.25) is 15.0 Å². The van der Waals surface area contributed by atoms with Crippen molar-refractivity contribution < 1.29 is 19.1 Å². The van der Waals surface area contributed by atoms with E-state index in [0.717, 1.165) is 0 Å². The van der Waals surface area contributed by atoms with Gasteiger partial charge in [-0.1, -0.05) is 18.7 Å². The third kappa shape index (κ3) is 6.35. The van der Waals surface area contributed by atoms with E-state index < -0.39 is 23.2 Å². The third-order valence-corrected chi connectivity index (χ3v) is 3.78. The maximum absolute atomic E-state index is 13.0. The summed E-state index contributed by atoms with van der Waals surface area (Å²) in [5.74, 6) is 0.348. The summed E-state index contributed by atoms with van der Waals surface area (Å²) in [7, 11) is 0. The van der Waals surface area contributed by atoms with Crippen LogP contribution in [0.2, 0.25) is 0 Å². The molecule has 0 aliphatic rings. The van der Waals surface area contributed by atoms with Gasteiger partial charge in [-0.2, -0.15) is 0 Å². The van der Waals surface area contributed by atoms with Crippen molar-refractivity contribution in [2.24, 2.45) is 11.7 Å². The monoisotopic (exact) mass is 370 g/mol. The van der Waals surface area contributed by atoms with Crippen LogP contribution in [0.25, 0.3) is 6.08 Å². The zero-order valence-electron chi connectivity index (χ0n) is 16.2. The van der Waals surface area contributed by atoms with E-state index in [1.165, 1.54) is 13.0 Å². The van der Waals surface area contributed by atoms with Crippen LogP contribution in [-0.2, 0) is 9.59 Å². The van der Waals surface area contributed by atoms with E-state index in [1.807, 2.05) is 20.8 Å². The molecule has 0 aliphatic heterocycles. The van der Waals surface area contributed by atoms with Crippen molar-refractivity contribution in [2.75, 3.05) is 0 Å². The summed E-state index contributed by atoms with van der Waals surface area (Å²) in [6, 6.07) is 4.90. The number of carbonyl (C=O) groups excluding carboxylic acids is 3. The number of Topliss-reactive ketones (excluding diaryl/α,β-unsaturated/α-hetero) is 2. The van der Waals surface area contributed by atoms with E-state index in [9.17, 15) is 14.4 Å². The lowest BCUT2D eigenvalue weighted by Gasteiger charge is -2.24. The van der Waals surface area contributed by atoms with Gasteiger partial charge in [-0.15, -0.1) is 0 Å². The third-order valence-electron chi connectivity index (χ3n) is 3.78. The highest BCUT2D eigenvalue weighted by Gasteiger charge is 2.27. The molecule has 0 radical (unpaired) electrons. The Bertz CT molecular complexity index is 812. The summed E-state index contributed by atoms with van der Waals surface area (Å²) in [5.41, 5.74) is 5.52. The van der Waals surface area contributed by atoms with Crippen molar-refractivity contribution in [2.45, 2.75) is 46.1 Å². The normalized spacial score (nSPS) is 11.9. The highest BCUT2D eigenvalue weighted by Crippen LogP contribution is 2.30. The Morgan fingerprint density at radius 1 is 1.33 bits per heavy atom. The lowest BCUT2D eigenvalue weighted by Crippen LogP contribution is -2.28. The number of ketones is 2. The molecular weight excluding hydrogens is 344 g/mol. The Balaban J connectivity index is 3.33. The fourth-order valence-corrected chi connectivity index (χ4v) is 2.55. The first-order valence-electron chi connectivity index (χ1n) is 8.57. The summed E-state index contributed by atoms with van der Waals surface area (Å²) in [5, 5.41) is 7.27. The molecule has 1 rings (SSSR count). The van der Waals surface area contributed by atoms with Gasteiger partial charge in [0.25, 0.3) is 0 Å². The first-order chi connectivity index (χ1) is 12.5. The van der Waals surface area contributed by atoms with Crippen LogP contribution in [0.1, 0.15) is 56.5 Å². The molecule has 1 aromatic carbocycles. The van der Waals surface area contributed by atoms with Gasteiger partial charge in [0.15, 0.2) is 5.78 Å². The van der Waals surface area contributed by atoms with E-state index >= 15 is 0 Å². The highest BCUT2D eigenvalue weighted by atomic mass is 16.5. The standard InChI is InChI=1S/C21H26N2O4/c1-13(24)9-10-15(20(23)26)14(2)19(25)17-7-6-8-18(16(17)11-12-22)27-21(3,4)5/h6-8,11,15,22H,2,9-10H2,1,3-5H3,(H2,23,26). The Kier molecular flexibility index (Phi) is 7.44. The zero-order valence-corrected chi connectivity index (χ0v) is 16.2. The van der Waals surface area contributed by atoms with E-state index in [4.69, 9.17) is 15.9 Å². The van der Waals surface area contributed by atoms with Gasteiger partial charge >= 0.3 is 0 Å². The second kappa shape index (κ2) is 9.10. The largest absolute Gasteiger partial charge is 0.487 e. The molecule has 1 unspecified atom stereocenters. The molecule has 0 heterocycles. The van der Waals surface area contributed by atoms with Crippen LogP contribution in [0.4, 0.5) is 0 Å². The van der Waals surface area contributed by atoms with Crippen LogP contribution in [-0.4, -0.2) is 28.9 Å². The predicted molar refractivity (Wildman–Crippen MR) is 105 cm³/mol. The Labute approximate surface area is 159 Å². The van der Waals surface area contributed by atoms with Crippen LogP contribution in [0.5, 0.6) is 5.75 Å². The van der Waals surface area contributed by atoms with Gasteiger partial charge in [0, 0.05) is 29.2 Å². The molecule has 0 fully saturated rings. The summed E-state index contributed by atoms with van der Waals surface area (Å²) < 4.78 is 5.87. The summed E-state index contributed by atoms with van der Waals surface area (Å²) in [6.07, 6.45) is 1.58. The van der Waals surface area contributed by atoms with Crippen molar-refractivity contribution in [3.05, 3.63) is 41.5 Å². The maximum Gasteiger partial charge on any atom is 0.225 e. The smallest absolute Gasteiger partial charge is 0.225 e. The molecule has 1 aromatic rings. The van der Waals surface area contributed by atoms with Gasteiger partial charge in [-0.05, 0) is 46.1 Å². The number of nitrogens with one attached hydrogen (secondary N) is 1. The molecule has 144 valence electrons. The molecule has 0 bridgehead atoms. The number of amides is 1. The number of carbonyl (C=O) groups is 3. The Morgan fingerprint density at radius 2 is 1.96 bits per heavy atom. The number of benzene rings is 1. The van der Waals surface area contributed by atoms with Crippen molar-refractivity contribution >= 4 is 29.4 Å². The Hall–Kier alpha value is -2.98. The minimum Gasteiger partial charge on any atom is -0.487 e.